The number of carbonyl (C=O) groups is 2. The maximum Gasteiger partial charge on any atom is 0.406 e. The van der Waals surface area contributed by atoms with Crippen molar-refractivity contribution >= 4 is 11.9 Å². The molecule has 0 radical (unpaired) electrons. The molecule has 8 heteroatoms. The summed E-state index contributed by atoms with van der Waals surface area (Å²) >= 11 is 0. The molecule has 0 aromatic heterocycles. The summed E-state index contributed by atoms with van der Waals surface area (Å²) in [6, 6.07) is -0.505. The van der Waals surface area contributed by atoms with E-state index in [-0.39, 0.29) is 0 Å². The highest BCUT2D eigenvalue weighted by Gasteiger charge is 2.38. The second kappa shape index (κ2) is 6.92. The SMILES string of the molecule is NC1CCCCCC1C(=O)N(CC(=O)O)CC(F)(F)F. The number of carboxylic acid groups (broad SMARTS) is 1. The molecule has 1 aliphatic carbocycles. The van der Waals surface area contributed by atoms with Crippen molar-refractivity contribution in [2.45, 2.75) is 44.3 Å². The van der Waals surface area contributed by atoms with Crippen molar-refractivity contribution in [3.8, 4) is 0 Å². The molecule has 0 heterocycles. The summed E-state index contributed by atoms with van der Waals surface area (Å²) in [4.78, 5) is 23.1. The van der Waals surface area contributed by atoms with Gasteiger partial charge in [-0.05, 0) is 12.8 Å². The van der Waals surface area contributed by atoms with Crippen LogP contribution in [-0.4, -0.2) is 47.2 Å². The minimum Gasteiger partial charge on any atom is -0.480 e. The summed E-state index contributed by atoms with van der Waals surface area (Å²) in [5.41, 5.74) is 5.84. The fraction of sp³-hybridized carbons (Fsp3) is 0.833. The Kier molecular flexibility index (Phi) is 5.79. The third kappa shape index (κ3) is 5.36. The van der Waals surface area contributed by atoms with Gasteiger partial charge in [0.05, 0.1) is 5.92 Å². The van der Waals surface area contributed by atoms with Crippen LogP contribution in [0, 0.1) is 5.92 Å². The summed E-state index contributed by atoms with van der Waals surface area (Å²) in [5, 5.41) is 8.66. The number of hydrogen-bond donors (Lipinski definition) is 2. The van der Waals surface area contributed by atoms with Gasteiger partial charge in [0.25, 0.3) is 0 Å². The normalized spacial score (nSPS) is 24.0. The highest BCUT2D eigenvalue weighted by Crippen LogP contribution is 2.25. The fourth-order valence-electron chi connectivity index (χ4n) is 2.47. The molecule has 116 valence electrons. The number of amides is 1. The highest BCUT2D eigenvalue weighted by molar-refractivity contribution is 5.83. The van der Waals surface area contributed by atoms with E-state index in [4.69, 9.17) is 10.8 Å². The van der Waals surface area contributed by atoms with Crippen molar-refractivity contribution in [2.24, 2.45) is 11.7 Å². The largest absolute Gasteiger partial charge is 0.480 e. The molecule has 2 unspecified atom stereocenters. The first-order valence-electron chi connectivity index (χ1n) is 6.53. The summed E-state index contributed by atoms with van der Waals surface area (Å²) in [6.07, 6.45) is -1.20. The highest BCUT2D eigenvalue weighted by atomic mass is 19.4. The number of hydrogen-bond acceptors (Lipinski definition) is 3. The smallest absolute Gasteiger partial charge is 0.406 e. The minimum atomic E-state index is -4.63. The van der Waals surface area contributed by atoms with Gasteiger partial charge in [-0.25, -0.2) is 0 Å². The van der Waals surface area contributed by atoms with E-state index in [9.17, 15) is 22.8 Å². The Morgan fingerprint density at radius 3 is 2.35 bits per heavy atom. The van der Waals surface area contributed by atoms with Crippen molar-refractivity contribution in [3.63, 3.8) is 0 Å². The van der Waals surface area contributed by atoms with Crippen molar-refractivity contribution in [2.75, 3.05) is 13.1 Å². The number of rotatable bonds is 4. The Balaban J connectivity index is 2.82. The average Bonchev–Trinajstić information content (AvgIpc) is 2.49. The zero-order valence-electron chi connectivity index (χ0n) is 11.0. The molecule has 0 aromatic carbocycles. The monoisotopic (exact) mass is 296 g/mol. The Morgan fingerprint density at radius 2 is 1.80 bits per heavy atom. The number of aliphatic carboxylic acids is 1. The molecule has 5 nitrogen and oxygen atoms in total. The molecule has 1 rings (SSSR count). The van der Waals surface area contributed by atoms with Crippen LogP contribution >= 0.6 is 0 Å². The minimum absolute atomic E-state index is 0.345. The predicted molar refractivity (Wildman–Crippen MR) is 64.8 cm³/mol. The first-order chi connectivity index (χ1) is 9.20. The van der Waals surface area contributed by atoms with Crippen LogP contribution in [0.3, 0.4) is 0 Å². The average molecular weight is 296 g/mol. The van der Waals surface area contributed by atoms with Crippen molar-refractivity contribution in [1.82, 2.24) is 4.90 Å². The fourth-order valence-corrected chi connectivity index (χ4v) is 2.47. The molecule has 0 saturated heterocycles. The van der Waals surface area contributed by atoms with Gasteiger partial charge in [-0.2, -0.15) is 13.2 Å². The van der Waals surface area contributed by atoms with E-state index < -0.39 is 43.1 Å². The van der Waals surface area contributed by atoms with Crippen LogP contribution in [-0.2, 0) is 9.59 Å². The van der Waals surface area contributed by atoms with E-state index in [1.807, 2.05) is 0 Å². The standard InChI is InChI=1S/C12H19F3N2O3/c13-12(14,15)7-17(6-10(18)19)11(20)8-4-2-1-3-5-9(8)16/h8-9H,1-7,16H2,(H,18,19). The maximum atomic E-state index is 12.4. The Labute approximate surface area is 114 Å². The molecule has 1 saturated carbocycles. The van der Waals surface area contributed by atoms with E-state index in [0.29, 0.717) is 17.7 Å². The van der Waals surface area contributed by atoms with Crippen LogP contribution in [0.5, 0.6) is 0 Å². The van der Waals surface area contributed by atoms with Crippen LogP contribution in [0.1, 0.15) is 32.1 Å². The first kappa shape index (κ1) is 16.7. The molecule has 0 aromatic rings. The summed E-state index contributed by atoms with van der Waals surface area (Å²) in [7, 11) is 0. The Bertz CT molecular complexity index is 360. The molecule has 0 bridgehead atoms. The number of carbonyl (C=O) groups excluding carboxylic acids is 1. The summed E-state index contributed by atoms with van der Waals surface area (Å²) in [5.74, 6) is -3.00. The zero-order valence-corrected chi connectivity index (χ0v) is 11.0. The van der Waals surface area contributed by atoms with E-state index in [1.165, 1.54) is 0 Å². The van der Waals surface area contributed by atoms with Gasteiger partial charge >= 0.3 is 12.1 Å². The molecule has 3 N–H and O–H groups in total. The summed E-state index contributed by atoms with van der Waals surface area (Å²) < 4.78 is 37.3. The van der Waals surface area contributed by atoms with E-state index in [0.717, 1.165) is 19.3 Å². The second-order valence-corrected chi connectivity index (χ2v) is 5.11. The van der Waals surface area contributed by atoms with Crippen LogP contribution in [0.2, 0.25) is 0 Å². The molecule has 20 heavy (non-hydrogen) atoms. The lowest BCUT2D eigenvalue weighted by Gasteiger charge is -2.29. The van der Waals surface area contributed by atoms with Gasteiger partial charge < -0.3 is 15.7 Å². The summed E-state index contributed by atoms with van der Waals surface area (Å²) in [6.45, 7) is -2.51. The molecular weight excluding hydrogens is 277 g/mol. The van der Waals surface area contributed by atoms with E-state index in [2.05, 4.69) is 0 Å². The van der Waals surface area contributed by atoms with Gasteiger partial charge in [-0.3, -0.25) is 9.59 Å². The van der Waals surface area contributed by atoms with Crippen LogP contribution in [0.15, 0.2) is 0 Å². The molecule has 1 amide bonds. The van der Waals surface area contributed by atoms with Gasteiger partial charge in [0.15, 0.2) is 0 Å². The zero-order chi connectivity index (χ0) is 15.3. The quantitative estimate of drug-likeness (QED) is 0.767. The maximum absolute atomic E-state index is 12.4. The number of nitrogens with zero attached hydrogens (tertiary/aromatic N) is 1. The molecule has 0 aliphatic heterocycles. The first-order valence-corrected chi connectivity index (χ1v) is 6.53. The van der Waals surface area contributed by atoms with Crippen LogP contribution in [0.25, 0.3) is 0 Å². The van der Waals surface area contributed by atoms with Gasteiger partial charge in [0, 0.05) is 6.04 Å². The molecule has 1 fully saturated rings. The van der Waals surface area contributed by atoms with Crippen molar-refractivity contribution in [1.29, 1.82) is 0 Å². The third-order valence-electron chi connectivity index (χ3n) is 3.39. The lowest BCUT2D eigenvalue weighted by atomic mass is 9.94. The molecule has 1 aliphatic rings. The number of alkyl halides is 3. The Morgan fingerprint density at radius 1 is 1.20 bits per heavy atom. The van der Waals surface area contributed by atoms with Crippen molar-refractivity contribution < 1.29 is 27.9 Å². The predicted octanol–water partition coefficient (Wildman–Crippen LogP) is 1.37. The van der Waals surface area contributed by atoms with Gasteiger partial charge in [-0.1, -0.05) is 19.3 Å². The lowest BCUT2D eigenvalue weighted by Crippen LogP contribution is -2.48. The number of nitrogens with two attached hydrogens (primary N) is 1. The molecule has 0 spiro atoms. The number of carboxylic acids is 1. The van der Waals surface area contributed by atoms with Crippen LogP contribution < -0.4 is 5.73 Å². The van der Waals surface area contributed by atoms with E-state index >= 15 is 0 Å². The van der Waals surface area contributed by atoms with Gasteiger partial charge in [0.2, 0.25) is 5.91 Å². The lowest BCUT2D eigenvalue weighted by molar-refractivity contribution is -0.168. The second-order valence-electron chi connectivity index (χ2n) is 5.11. The molecular formula is C12H19F3N2O3. The van der Waals surface area contributed by atoms with Gasteiger partial charge in [-0.15, -0.1) is 0 Å². The van der Waals surface area contributed by atoms with E-state index in [1.54, 1.807) is 0 Å². The molecule has 2 atom stereocenters. The van der Waals surface area contributed by atoms with Crippen molar-refractivity contribution in [3.05, 3.63) is 0 Å². The van der Waals surface area contributed by atoms with Crippen LogP contribution in [0.4, 0.5) is 13.2 Å². The number of halogens is 3. The Hall–Kier alpha value is -1.31. The third-order valence-corrected chi connectivity index (χ3v) is 3.39. The van der Waals surface area contributed by atoms with Gasteiger partial charge in [0.1, 0.15) is 13.1 Å². The topological polar surface area (TPSA) is 83.6 Å².